The average Bonchev–Trinajstić information content (AvgIpc) is 2.85. The average molecular weight is 459 g/mol. The summed E-state index contributed by atoms with van der Waals surface area (Å²) in [5.74, 6) is 0.377. The van der Waals surface area contributed by atoms with Gasteiger partial charge in [-0.3, -0.25) is 4.79 Å². The van der Waals surface area contributed by atoms with Gasteiger partial charge in [-0.15, -0.1) is 6.58 Å². The van der Waals surface area contributed by atoms with E-state index in [9.17, 15) is 9.59 Å². The Labute approximate surface area is 198 Å². The second kappa shape index (κ2) is 12.0. The minimum Gasteiger partial charge on any atom is -0.493 e. The molecule has 3 aromatic carbocycles. The van der Waals surface area contributed by atoms with E-state index in [0.29, 0.717) is 29.0 Å². The van der Waals surface area contributed by atoms with Crippen molar-refractivity contribution < 1.29 is 23.8 Å². The summed E-state index contributed by atoms with van der Waals surface area (Å²) in [5.41, 5.74) is 5.50. The number of para-hydroxylation sites is 1. The van der Waals surface area contributed by atoms with E-state index in [-0.39, 0.29) is 12.4 Å². The van der Waals surface area contributed by atoms with E-state index >= 15 is 0 Å². The van der Waals surface area contributed by atoms with Gasteiger partial charge < -0.3 is 14.2 Å². The number of hydrogen-bond acceptors (Lipinski definition) is 6. The predicted octanol–water partition coefficient (Wildman–Crippen LogP) is 4.48. The normalized spacial score (nSPS) is 10.5. The molecule has 3 aromatic rings. The first-order chi connectivity index (χ1) is 16.5. The third-order valence-electron chi connectivity index (χ3n) is 4.78. The van der Waals surface area contributed by atoms with Crippen LogP contribution in [-0.4, -0.2) is 31.8 Å². The molecule has 0 atom stereocenters. The molecule has 7 nitrogen and oxygen atoms in total. The smallest absolute Gasteiger partial charge is 0.343 e. The Morgan fingerprint density at radius 1 is 1.00 bits per heavy atom. The first-order valence-corrected chi connectivity index (χ1v) is 10.6. The number of ether oxygens (including phenoxy) is 3. The van der Waals surface area contributed by atoms with Gasteiger partial charge in [0.2, 0.25) is 0 Å². The summed E-state index contributed by atoms with van der Waals surface area (Å²) in [6, 6.07) is 19.5. The van der Waals surface area contributed by atoms with Gasteiger partial charge in [0.25, 0.3) is 5.91 Å². The number of esters is 1. The maximum Gasteiger partial charge on any atom is 0.343 e. The van der Waals surface area contributed by atoms with Crippen molar-refractivity contribution in [2.45, 2.75) is 13.3 Å². The summed E-state index contributed by atoms with van der Waals surface area (Å²) >= 11 is 0. The summed E-state index contributed by atoms with van der Waals surface area (Å²) in [5, 5.41) is 3.95. The number of hydrogen-bond donors (Lipinski definition) is 1. The number of benzene rings is 3. The number of nitrogens with one attached hydrogen (secondary N) is 1. The molecule has 0 aliphatic carbocycles. The molecule has 0 unspecified atom stereocenters. The Morgan fingerprint density at radius 3 is 2.50 bits per heavy atom. The summed E-state index contributed by atoms with van der Waals surface area (Å²) in [6.07, 6.45) is 3.88. The monoisotopic (exact) mass is 458 g/mol. The van der Waals surface area contributed by atoms with Crippen molar-refractivity contribution in [3.05, 3.63) is 102 Å². The summed E-state index contributed by atoms with van der Waals surface area (Å²) < 4.78 is 16.4. The van der Waals surface area contributed by atoms with Crippen LogP contribution in [0.5, 0.6) is 17.2 Å². The Morgan fingerprint density at radius 2 is 1.76 bits per heavy atom. The Balaban J connectivity index is 1.56. The van der Waals surface area contributed by atoms with Gasteiger partial charge in [0.05, 0.1) is 18.9 Å². The van der Waals surface area contributed by atoms with Crippen molar-refractivity contribution in [3.8, 4) is 17.2 Å². The van der Waals surface area contributed by atoms with Crippen LogP contribution in [0.2, 0.25) is 0 Å². The van der Waals surface area contributed by atoms with Crippen molar-refractivity contribution in [1.82, 2.24) is 5.43 Å². The molecule has 174 valence electrons. The van der Waals surface area contributed by atoms with Crippen molar-refractivity contribution in [3.63, 3.8) is 0 Å². The molecule has 7 heteroatoms. The molecule has 0 saturated carbocycles. The molecule has 0 spiro atoms. The van der Waals surface area contributed by atoms with Crippen molar-refractivity contribution >= 4 is 18.1 Å². The molecule has 1 N–H and O–H groups in total. The number of aryl methyl sites for hydroxylation is 1. The number of nitrogens with zero attached hydrogens (tertiary/aromatic N) is 1. The fraction of sp³-hybridized carbons (Fsp3) is 0.148. The van der Waals surface area contributed by atoms with E-state index in [4.69, 9.17) is 14.2 Å². The van der Waals surface area contributed by atoms with E-state index in [2.05, 4.69) is 17.1 Å². The van der Waals surface area contributed by atoms with Crippen LogP contribution >= 0.6 is 0 Å². The van der Waals surface area contributed by atoms with Gasteiger partial charge in [0.15, 0.2) is 18.1 Å². The van der Waals surface area contributed by atoms with Gasteiger partial charge >= 0.3 is 5.97 Å². The molecular formula is C27H26N2O5. The van der Waals surface area contributed by atoms with Gasteiger partial charge in [-0.25, -0.2) is 10.2 Å². The van der Waals surface area contributed by atoms with Crippen molar-refractivity contribution in [2.24, 2.45) is 5.10 Å². The number of carbonyl (C=O) groups excluding carboxylic acids is 2. The minimum absolute atomic E-state index is 0.178. The Bertz CT molecular complexity index is 1190. The van der Waals surface area contributed by atoms with Crippen LogP contribution in [0.1, 0.15) is 27.0 Å². The predicted molar refractivity (Wildman–Crippen MR) is 131 cm³/mol. The molecule has 0 bridgehead atoms. The zero-order valence-corrected chi connectivity index (χ0v) is 19.1. The van der Waals surface area contributed by atoms with Gasteiger partial charge in [-0.1, -0.05) is 42.0 Å². The highest BCUT2D eigenvalue weighted by atomic mass is 16.6. The lowest BCUT2D eigenvalue weighted by Gasteiger charge is -2.10. The number of methoxy groups -OCH3 is 1. The molecule has 0 heterocycles. The number of amides is 1. The fourth-order valence-corrected chi connectivity index (χ4v) is 3.02. The topological polar surface area (TPSA) is 86.2 Å². The van der Waals surface area contributed by atoms with Crippen molar-refractivity contribution in [1.29, 1.82) is 0 Å². The lowest BCUT2D eigenvalue weighted by Crippen LogP contribution is -2.24. The SMILES string of the molecule is C=CCc1ccccc1OCC(=O)NN=Cc1ccc(OC(=O)c2ccc(C)cc2)c(OC)c1. The van der Waals surface area contributed by atoms with Crippen LogP contribution in [0.15, 0.2) is 84.5 Å². The molecule has 34 heavy (non-hydrogen) atoms. The van der Waals surface area contributed by atoms with Crippen LogP contribution in [-0.2, 0) is 11.2 Å². The molecule has 0 fully saturated rings. The zero-order valence-electron chi connectivity index (χ0n) is 19.1. The quantitative estimate of drug-likeness (QED) is 0.159. The highest BCUT2D eigenvalue weighted by molar-refractivity contribution is 5.91. The first-order valence-electron chi connectivity index (χ1n) is 10.6. The Kier molecular flexibility index (Phi) is 8.57. The summed E-state index contributed by atoms with van der Waals surface area (Å²) in [4.78, 5) is 24.5. The van der Waals surface area contributed by atoms with E-state index in [0.717, 1.165) is 11.1 Å². The molecule has 0 aliphatic heterocycles. The van der Waals surface area contributed by atoms with Gasteiger partial charge in [0, 0.05) is 0 Å². The number of rotatable bonds is 10. The molecule has 0 aromatic heterocycles. The molecule has 3 rings (SSSR count). The summed E-state index contributed by atoms with van der Waals surface area (Å²) in [6.45, 7) is 5.49. The minimum atomic E-state index is -0.485. The zero-order chi connectivity index (χ0) is 24.3. The highest BCUT2D eigenvalue weighted by Gasteiger charge is 2.13. The molecule has 0 aliphatic rings. The second-order valence-electron chi connectivity index (χ2n) is 7.35. The lowest BCUT2D eigenvalue weighted by atomic mass is 10.1. The van der Waals surface area contributed by atoms with Crippen LogP contribution in [0.4, 0.5) is 0 Å². The van der Waals surface area contributed by atoms with E-state index in [1.54, 1.807) is 42.5 Å². The lowest BCUT2D eigenvalue weighted by molar-refractivity contribution is -0.123. The number of hydrazone groups is 1. The van der Waals surface area contributed by atoms with E-state index in [1.165, 1.54) is 13.3 Å². The Hall–Kier alpha value is -4.39. The fourth-order valence-electron chi connectivity index (χ4n) is 3.02. The van der Waals surface area contributed by atoms with Gasteiger partial charge in [0.1, 0.15) is 5.75 Å². The number of carbonyl (C=O) groups is 2. The maximum absolute atomic E-state index is 12.4. The van der Waals surface area contributed by atoms with Gasteiger partial charge in [-0.2, -0.15) is 5.10 Å². The van der Waals surface area contributed by atoms with Crippen LogP contribution < -0.4 is 19.6 Å². The first kappa shape index (κ1) is 24.3. The summed E-state index contributed by atoms with van der Waals surface area (Å²) in [7, 11) is 1.47. The molecule has 0 radical (unpaired) electrons. The molecular weight excluding hydrogens is 432 g/mol. The number of allylic oxidation sites excluding steroid dienone is 1. The van der Waals surface area contributed by atoms with Crippen LogP contribution in [0, 0.1) is 6.92 Å². The maximum atomic E-state index is 12.4. The van der Waals surface area contributed by atoms with Gasteiger partial charge in [-0.05, 0) is 60.9 Å². The molecule has 0 saturated heterocycles. The van der Waals surface area contributed by atoms with Crippen LogP contribution in [0.3, 0.4) is 0 Å². The third-order valence-corrected chi connectivity index (χ3v) is 4.78. The van der Waals surface area contributed by atoms with Crippen molar-refractivity contribution in [2.75, 3.05) is 13.7 Å². The second-order valence-corrected chi connectivity index (χ2v) is 7.35. The van der Waals surface area contributed by atoms with E-state index < -0.39 is 11.9 Å². The standard InChI is InChI=1S/C27H26N2O5/c1-4-7-21-8-5-6-9-23(21)33-18-26(30)29-28-17-20-12-15-24(25(16-20)32-3)34-27(31)22-13-10-19(2)11-14-22/h4-6,8-17H,1,7,18H2,2-3H3,(H,29,30). The largest absolute Gasteiger partial charge is 0.493 e. The van der Waals surface area contributed by atoms with E-state index in [1.807, 2.05) is 37.3 Å². The highest BCUT2D eigenvalue weighted by Crippen LogP contribution is 2.28. The van der Waals surface area contributed by atoms with Crippen LogP contribution in [0.25, 0.3) is 0 Å². The molecule has 1 amide bonds. The third kappa shape index (κ3) is 6.80.